The molecule has 1 aromatic carbocycles. The molecule has 13 nitrogen and oxygen atoms in total. The average Bonchev–Trinajstić information content (AvgIpc) is 3.35. The van der Waals surface area contributed by atoms with Crippen molar-refractivity contribution < 1.29 is 29.1 Å². The summed E-state index contributed by atoms with van der Waals surface area (Å²) in [6, 6.07) is 4.02. The molecule has 0 saturated carbocycles. The fourth-order valence-corrected chi connectivity index (χ4v) is 3.72. The molecule has 0 aliphatic heterocycles. The van der Waals surface area contributed by atoms with E-state index in [1.165, 1.54) is 12.5 Å². The second-order valence-electron chi connectivity index (χ2n) is 9.40. The maximum Gasteiger partial charge on any atom is 0.326 e. The molecule has 1 heterocycles. The van der Waals surface area contributed by atoms with Crippen LogP contribution in [0.3, 0.4) is 0 Å². The van der Waals surface area contributed by atoms with Gasteiger partial charge in [-0.15, -0.1) is 0 Å². The molecule has 0 aliphatic rings. The van der Waals surface area contributed by atoms with Gasteiger partial charge in [0.05, 0.1) is 18.8 Å². The van der Waals surface area contributed by atoms with Crippen molar-refractivity contribution in [3.05, 3.63) is 54.1 Å². The number of aromatic nitrogens is 2. The standard InChI is InChI=1S/C25H35N7O6/c1-14(2)8-17(26)22(34)30-18(9-15-6-4-3-5-7-15)23(35)31-19(11-21(27)33)24(36)32-20(25(37)38)10-16-12-28-13-29-16/h3-7,12-14,17-20H,8-11,26H2,1-2H3,(H2,27,33)(H,28,29)(H,30,34)(H,31,35)(H,32,36)(H,37,38). The number of hydrogen-bond donors (Lipinski definition) is 7. The second kappa shape index (κ2) is 14.5. The van der Waals surface area contributed by atoms with Gasteiger partial charge < -0.3 is 37.5 Å². The number of carbonyl (C=O) groups is 5. The normalized spacial score (nSPS) is 14.1. The van der Waals surface area contributed by atoms with Crippen molar-refractivity contribution in [2.45, 2.75) is 63.7 Å². The summed E-state index contributed by atoms with van der Waals surface area (Å²) >= 11 is 0. The van der Waals surface area contributed by atoms with Gasteiger partial charge in [-0.05, 0) is 17.9 Å². The second-order valence-corrected chi connectivity index (χ2v) is 9.40. The van der Waals surface area contributed by atoms with Gasteiger partial charge in [-0.2, -0.15) is 0 Å². The number of benzene rings is 1. The van der Waals surface area contributed by atoms with Gasteiger partial charge in [0, 0.05) is 24.7 Å². The van der Waals surface area contributed by atoms with Crippen molar-refractivity contribution in [3.8, 4) is 0 Å². The molecule has 206 valence electrons. The number of aromatic amines is 1. The molecular weight excluding hydrogens is 494 g/mol. The molecule has 1 aromatic heterocycles. The SMILES string of the molecule is CC(C)CC(N)C(=O)NC(Cc1ccccc1)C(=O)NC(CC(N)=O)C(=O)NC(Cc1cnc[nH]1)C(=O)O. The van der Waals surface area contributed by atoms with Crippen molar-refractivity contribution >= 4 is 29.6 Å². The van der Waals surface area contributed by atoms with Crippen LogP contribution in [0.4, 0.5) is 0 Å². The van der Waals surface area contributed by atoms with Crippen LogP contribution in [0.15, 0.2) is 42.9 Å². The third-order valence-electron chi connectivity index (χ3n) is 5.61. The lowest BCUT2D eigenvalue weighted by atomic mass is 10.0. The number of nitrogens with two attached hydrogens (primary N) is 2. The summed E-state index contributed by atoms with van der Waals surface area (Å²) in [7, 11) is 0. The lowest BCUT2D eigenvalue weighted by Gasteiger charge is -2.25. The molecule has 0 fully saturated rings. The third-order valence-corrected chi connectivity index (χ3v) is 5.61. The highest BCUT2D eigenvalue weighted by Gasteiger charge is 2.31. The van der Waals surface area contributed by atoms with E-state index in [-0.39, 0.29) is 18.8 Å². The lowest BCUT2D eigenvalue weighted by molar-refractivity contribution is -0.142. The number of imidazole rings is 1. The van der Waals surface area contributed by atoms with E-state index in [9.17, 15) is 29.1 Å². The number of carboxylic acids is 1. The molecule has 2 rings (SSSR count). The molecule has 0 bridgehead atoms. The molecule has 4 unspecified atom stereocenters. The molecule has 9 N–H and O–H groups in total. The predicted octanol–water partition coefficient (Wildman–Crippen LogP) is -1.02. The largest absolute Gasteiger partial charge is 0.480 e. The van der Waals surface area contributed by atoms with Crippen LogP contribution in [0.5, 0.6) is 0 Å². The van der Waals surface area contributed by atoms with Crippen molar-refractivity contribution in [2.75, 3.05) is 0 Å². The number of H-pyrrole nitrogens is 1. The smallest absolute Gasteiger partial charge is 0.326 e. The zero-order valence-corrected chi connectivity index (χ0v) is 21.3. The number of aliphatic carboxylic acids is 1. The minimum absolute atomic E-state index is 0.0787. The highest BCUT2D eigenvalue weighted by molar-refractivity contribution is 5.96. The molecule has 0 radical (unpaired) electrons. The van der Waals surface area contributed by atoms with E-state index in [1.54, 1.807) is 30.3 Å². The van der Waals surface area contributed by atoms with Crippen LogP contribution in [0.1, 0.15) is 37.9 Å². The van der Waals surface area contributed by atoms with Crippen molar-refractivity contribution in [1.29, 1.82) is 0 Å². The number of hydrogen-bond acceptors (Lipinski definition) is 7. The average molecular weight is 530 g/mol. The van der Waals surface area contributed by atoms with Gasteiger partial charge >= 0.3 is 5.97 Å². The first-order valence-corrected chi connectivity index (χ1v) is 12.1. The van der Waals surface area contributed by atoms with Gasteiger partial charge in [0.2, 0.25) is 23.6 Å². The molecule has 4 atom stereocenters. The Kier molecular flexibility index (Phi) is 11.4. The van der Waals surface area contributed by atoms with Crippen LogP contribution in [-0.2, 0) is 36.8 Å². The Balaban J connectivity index is 2.20. The summed E-state index contributed by atoms with van der Waals surface area (Å²) in [5.74, 6) is -4.31. The zero-order chi connectivity index (χ0) is 28.2. The molecule has 2 aromatic rings. The van der Waals surface area contributed by atoms with E-state index in [4.69, 9.17) is 11.5 Å². The van der Waals surface area contributed by atoms with Crippen LogP contribution in [-0.4, -0.2) is 68.8 Å². The van der Waals surface area contributed by atoms with Gasteiger partial charge in [0.25, 0.3) is 0 Å². The minimum Gasteiger partial charge on any atom is -0.480 e. The van der Waals surface area contributed by atoms with Crippen molar-refractivity contribution in [3.63, 3.8) is 0 Å². The maximum atomic E-state index is 13.3. The van der Waals surface area contributed by atoms with Crippen LogP contribution in [0.2, 0.25) is 0 Å². The molecule has 38 heavy (non-hydrogen) atoms. The molecular formula is C25H35N7O6. The van der Waals surface area contributed by atoms with E-state index in [1.807, 2.05) is 13.8 Å². The number of nitrogens with one attached hydrogen (secondary N) is 4. The van der Waals surface area contributed by atoms with Gasteiger partial charge in [0.15, 0.2) is 0 Å². The Bertz CT molecular complexity index is 1090. The van der Waals surface area contributed by atoms with Crippen molar-refractivity contribution in [1.82, 2.24) is 25.9 Å². The van der Waals surface area contributed by atoms with Gasteiger partial charge in [-0.3, -0.25) is 19.2 Å². The number of nitrogens with zero attached hydrogens (tertiary/aromatic N) is 1. The zero-order valence-electron chi connectivity index (χ0n) is 21.3. The Morgan fingerprint density at radius 1 is 0.921 bits per heavy atom. The maximum absolute atomic E-state index is 13.3. The van der Waals surface area contributed by atoms with Crippen LogP contribution in [0, 0.1) is 5.92 Å². The minimum atomic E-state index is -1.48. The highest BCUT2D eigenvalue weighted by Crippen LogP contribution is 2.08. The van der Waals surface area contributed by atoms with Crippen LogP contribution < -0.4 is 27.4 Å². The number of carbonyl (C=O) groups excluding carboxylic acids is 4. The van der Waals surface area contributed by atoms with E-state index < -0.39 is 60.2 Å². The first-order valence-electron chi connectivity index (χ1n) is 12.1. The predicted molar refractivity (Wildman–Crippen MR) is 137 cm³/mol. The molecule has 0 spiro atoms. The van der Waals surface area contributed by atoms with Crippen LogP contribution >= 0.6 is 0 Å². The fraction of sp³-hybridized carbons (Fsp3) is 0.440. The number of primary amides is 1. The first-order chi connectivity index (χ1) is 18.0. The number of amides is 4. The fourth-order valence-electron chi connectivity index (χ4n) is 3.72. The first kappa shape index (κ1) is 30.0. The van der Waals surface area contributed by atoms with E-state index in [0.717, 1.165) is 5.56 Å². The Morgan fingerprint density at radius 3 is 2.08 bits per heavy atom. The Hall–Kier alpha value is -4.26. The molecule has 13 heteroatoms. The summed E-state index contributed by atoms with van der Waals surface area (Å²) in [4.78, 5) is 68.9. The van der Waals surface area contributed by atoms with E-state index in [2.05, 4.69) is 25.9 Å². The summed E-state index contributed by atoms with van der Waals surface area (Å²) in [5, 5.41) is 16.9. The van der Waals surface area contributed by atoms with E-state index >= 15 is 0 Å². The summed E-state index contributed by atoms with van der Waals surface area (Å²) in [6.07, 6.45) is 2.54. The highest BCUT2D eigenvalue weighted by atomic mass is 16.4. The molecule has 4 amide bonds. The Morgan fingerprint density at radius 2 is 1.53 bits per heavy atom. The Labute approximate surface area is 220 Å². The summed E-state index contributed by atoms with van der Waals surface area (Å²) in [5.41, 5.74) is 12.5. The van der Waals surface area contributed by atoms with Crippen LogP contribution in [0.25, 0.3) is 0 Å². The number of rotatable bonds is 15. The van der Waals surface area contributed by atoms with Gasteiger partial charge in [-0.1, -0.05) is 44.2 Å². The number of carboxylic acid groups (broad SMARTS) is 1. The van der Waals surface area contributed by atoms with Crippen molar-refractivity contribution in [2.24, 2.45) is 17.4 Å². The topological polar surface area (TPSA) is 222 Å². The van der Waals surface area contributed by atoms with Gasteiger partial charge in [-0.25, -0.2) is 9.78 Å². The molecule has 0 aliphatic carbocycles. The summed E-state index contributed by atoms with van der Waals surface area (Å²) < 4.78 is 0. The lowest BCUT2D eigenvalue weighted by Crippen LogP contribution is -2.58. The van der Waals surface area contributed by atoms with Gasteiger partial charge in [0.1, 0.15) is 18.1 Å². The molecule has 0 saturated heterocycles. The third kappa shape index (κ3) is 10.0. The summed E-state index contributed by atoms with van der Waals surface area (Å²) in [6.45, 7) is 3.82. The monoisotopic (exact) mass is 529 g/mol. The quantitative estimate of drug-likeness (QED) is 0.151. The van der Waals surface area contributed by atoms with E-state index in [0.29, 0.717) is 12.1 Å².